The highest BCUT2D eigenvalue weighted by atomic mass is 16.5. The number of aryl methyl sites for hydroxylation is 1. The number of carbonyl (C=O) groups is 2. The number of methoxy groups -OCH3 is 1. The van der Waals surface area contributed by atoms with Crippen LogP contribution >= 0.6 is 0 Å². The maximum absolute atomic E-state index is 11.9. The second-order valence-corrected chi connectivity index (χ2v) is 5.24. The molecule has 0 bridgehead atoms. The molecular formula is C16H20O3. The number of hydrogen-bond donors (Lipinski definition) is 0. The predicted molar refractivity (Wildman–Crippen MR) is 73.0 cm³/mol. The minimum Gasteiger partial charge on any atom is -0.463 e. The third kappa shape index (κ3) is 2.55. The van der Waals surface area contributed by atoms with Gasteiger partial charge in [-0.1, -0.05) is 31.2 Å². The molecule has 102 valence electrons. The van der Waals surface area contributed by atoms with E-state index in [0.717, 1.165) is 25.7 Å². The number of esters is 1. The average Bonchev–Trinajstić information content (AvgIpc) is 2.46. The fraction of sp³-hybridized carbons (Fsp3) is 0.500. The summed E-state index contributed by atoms with van der Waals surface area (Å²) < 4.78 is 4.54. The van der Waals surface area contributed by atoms with Gasteiger partial charge in [0, 0.05) is 11.8 Å². The molecule has 0 radical (unpaired) electrons. The molecule has 0 aromatic heterocycles. The molecule has 0 N–H and O–H groups in total. The molecule has 3 nitrogen and oxygen atoms in total. The van der Waals surface area contributed by atoms with Crippen molar-refractivity contribution in [1.29, 1.82) is 0 Å². The normalized spacial score (nSPS) is 21.6. The first-order chi connectivity index (χ1) is 9.13. The predicted octanol–water partition coefficient (Wildman–Crippen LogP) is 2.80. The van der Waals surface area contributed by atoms with Crippen LogP contribution in [-0.4, -0.2) is 18.9 Å². The standard InChI is InChI=1S/C16H20O3/c1-3-16(11-14(17)15(18)19-2)10-6-8-12-7-4-5-9-13(12)16/h4-5,7,9H,3,6,8,10-11H2,1-2H3. The van der Waals surface area contributed by atoms with Crippen LogP contribution in [0.3, 0.4) is 0 Å². The first-order valence-corrected chi connectivity index (χ1v) is 6.82. The zero-order valence-corrected chi connectivity index (χ0v) is 11.6. The first-order valence-electron chi connectivity index (χ1n) is 6.82. The van der Waals surface area contributed by atoms with E-state index in [0.29, 0.717) is 0 Å². The lowest BCUT2D eigenvalue weighted by Gasteiger charge is -2.38. The number of benzene rings is 1. The Morgan fingerprint density at radius 3 is 2.74 bits per heavy atom. The van der Waals surface area contributed by atoms with Gasteiger partial charge in [0.05, 0.1) is 7.11 Å². The minimum absolute atomic E-state index is 0.194. The number of hydrogen-bond acceptors (Lipinski definition) is 3. The average molecular weight is 260 g/mol. The fourth-order valence-corrected chi connectivity index (χ4v) is 3.18. The molecule has 0 saturated carbocycles. The second kappa shape index (κ2) is 5.55. The van der Waals surface area contributed by atoms with Gasteiger partial charge in [-0.3, -0.25) is 4.79 Å². The van der Waals surface area contributed by atoms with Crippen molar-refractivity contribution in [2.45, 2.75) is 44.4 Å². The van der Waals surface area contributed by atoms with Crippen molar-refractivity contribution >= 4 is 11.8 Å². The molecular weight excluding hydrogens is 240 g/mol. The molecule has 0 heterocycles. The second-order valence-electron chi connectivity index (χ2n) is 5.24. The molecule has 0 fully saturated rings. The Labute approximate surface area is 114 Å². The number of ether oxygens (including phenoxy) is 1. The van der Waals surface area contributed by atoms with Crippen LogP contribution in [0.25, 0.3) is 0 Å². The van der Waals surface area contributed by atoms with E-state index in [2.05, 4.69) is 23.8 Å². The van der Waals surface area contributed by atoms with Gasteiger partial charge in [-0.2, -0.15) is 0 Å². The molecule has 0 spiro atoms. The molecule has 1 aliphatic rings. The fourth-order valence-electron chi connectivity index (χ4n) is 3.18. The summed E-state index contributed by atoms with van der Waals surface area (Å²) in [4.78, 5) is 23.3. The smallest absolute Gasteiger partial charge is 0.374 e. The van der Waals surface area contributed by atoms with Gasteiger partial charge in [0.15, 0.2) is 0 Å². The highest BCUT2D eigenvalue weighted by Gasteiger charge is 2.38. The maximum atomic E-state index is 11.9. The van der Waals surface area contributed by atoms with Crippen molar-refractivity contribution in [2.24, 2.45) is 0 Å². The molecule has 0 amide bonds. The van der Waals surface area contributed by atoms with E-state index in [1.807, 2.05) is 12.1 Å². The molecule has 1 aliphatic carbocycles. The van der Waals surface area contributed by atoms with Crippen LogP contribution in [0.1, 0.15) is 43.7 Å². The van der Waals surface area contributed by atoms with Crippen molar-refractivity contribution in [3.8, 4) is 0 Å². The van der Waals surface area contributed by atoms with Gasteiger partial charge in [0.2, 0.25) is 5.78 Å². The molecule has 0 saturated heterocycles. The minimum atomic E-state index is -0.726. The van der Waals surface area contributed by atoms with Crippen molar-refractivity contribution in [2.75, 3.05) is 7.11 Å². The third-order valence-electron chi connectivity index (χ3n) is 4.28. The summed E-state index contributed by atoms with van der Waals surface area (Å²) in [5.74, 6) is -1.14. The van der Waals surface area contributed by atoms with E-state index in [1.165, 1.54) is 18.2 Å². The topological polar surface area (TPSA) is 43.4 Å². The van der Waals surface area contributed by atoms with Crippen LogP contribution in [0.2, 0.25) is 0 Å². The number of rotatable bonds is 4. The van der Waals surface area contributed by atoms with Crippen LogP contribution in [0.4, 0.5) is 0 Å². The lowest BCUT2D eigenvalue weighted by Crippen LogP contribution is -2.35. The maximum Gasteiger partial charge on any atom is 0.374 e. The summed E-state index contributed by atoms with van der Waals surface area (Å²) in [7, 11) is 1.26. The van der Waals surface area contributed by atoms with Crippen molar-refractivity contribution in [3.05, 3.63) is 35.4 Å². The zero-order chi connectivity index (χ0) is 13.9. The van der Waals surface area contributed by atoms with Crippen LogP contribution in [-0.2, 0) is 26.2 Å². The molecule has 1 aromatic rings. The Kier molecular flexibility index (Phi) is 4.03. The van der Waals surface area contributed by atoms with Crippen LogP contribution in [0.5, 0.6) is 0 Å². The van der Waals surface area contributed by atoms with Gasteiger partial charge < -0.3 is 4.74 Å². The quantitative estimate of drug-likeness (QED) is 0.617. The number of ketones is 1. The van der Waals surface area contributed by atoms with E-state index < -0.39 is 11.8 Å². The lowest BCUT2D eigenvalue weighted by molar-refractivity contribution is -0.152. The van der Waals surface area contributed by atoms with Crippen LogP contribution in [0, 0.1) is 0 Å². The molecule has 1 atom stereocenters. The SMILES string of the molecule is CCC1(CC(=O)C(=O)OC)CCCc2ccccc21. The molecule has 2 rings (SSSR count). The number of Topliss-reactive ketones (excluding diaryl/α,β-unsaturated/α-hetero) is 1. The Morgan fingerprint density at radius 2 is 2.05 bits per heavy atom. The zero-order valence-electron chi connectivity index (χ0n) is 11.6. The monoisotopic (exact) mass is 260 g/mol. The largest absolute Gasteiger partial charge is 0.463 e. The summed E-state index contributed by atoms with van der Waals surface area (Å²) in [6.07, 6.45) is 4.22. The Bertz CT molecular complexity index is 493. The third-order valence-corrected chi connectivity index (χ3v) is 4.28. The van der Waals surface area contributed by atoms with Crippen LogP contribution < -0.4 is 0 Å². The highest BCUT2D eigenvalue weighted by Crippen LogP contribution is 2.42. The molecule has 1 aromatic carbocycles. The van der Waals surface area contributed by atoms with Crippen molar-refractivity contribution in [3.63, 3.8) is 0 Å². The summed E-state index contributed by atoms with van der Waals surface area (Å²) >= 11 is 0. The number of fused-ring (bicyclic) bond motifs is 1. The van der Waals surface area contributed by atoms with E-state index in [1.54, 1.807) is 0 Å². The summed E-state index contributed by atoms with van der Waals surface area (Å²) in [6, 6.07) is 8.27. The van der Waals surface area contributed by atoms with Gasteiger partial charge in [-0.05, 0) is 36.8 Å². The molecule has 19 heavy (non-hydrogen) atoms. The van der Waals surface area contributed by atoms with Crippen molar-refractivity contribution in [1.82, 2.24) is 0 Å². The van der Waals surface area contributed by atoms with Gasteiger partial charge in [0.25, 0.3) is 0 Å². The van der Waals surface area contributed by atoms with E-state index in [-0.39, 0.29) is 11.8 Å². The number of carbonyl (C=O) groups excluding carboxylic acids is 2. The van der Waals surface area contributed by atoms with E-state index in [9.17, 15) is 9.59 Å². The highest BCUT2D eigenvalue weighted by molar-refractivity contribution is 6.33. The van der Waals surface area contributed by atoms with Crippen LogP contribution in [0.15, 0.2) is 24.3 Å². The van der Waals surface area contributed by atoms with Gasteiger partial charge in [0.1, 0.15) is 0 Å². The Balaban J connectivity index is 2.34. The van der Waals surface area contributed by atoms with Gasteiger partial charge in [-0.15, -0.1) is 0 Å². The first kappa shape index (κ1) is 13.8. The van der Waals surface area contributed by atoms with E-state index >= 15 is 0 Å². The van der Waals surface area contributed by atoms with Gasteiger partial charge >= 0.3 is 5.97 Å². The molecule has 1 unspecified atom stereocenters. The van der Waals surface area contributed by atoms with Gasteiger partial charge in [-0.25, -0.2) is 4.79 Å². The summed E-state index contributed by atoms with van der Waals surface area (Å²) in [6.45, 7) is 2.09. The van der Waals surface area contributed by atoms with E-state index in [4.69, 9.17) is 0 Å². The Hall–Kier alpha value is -1.64. The summed E-state index contributed by atoms with van der Waals surface area (Å²) in [5, 5.41) is 0. The Morgan fingerprint density at radius 1 is 1.32 bits per heavy atom. The summed E-state index contributed by atoms with van der Waals surface area (Å²) in [5.41, 5.74) is 2.36. The lowest BCUT2D eigenvalue weighted by atomic mass is 9.66. The van der Waals surface area contributed by atoms with Crippen molar-refractivity contribution < 1.29 is 14.3 Å². The molecule has 3 heteroatoms. The molecule has 0 aliphatic heterocycles.